The monoisotopic (exact) mass is 719 g/mol. The first kappa shape index (κ1) is 27.9. The molecule has 0 bridgehead atoms. The van der Waals surface area contributed by atoms with E-state index in [9.17, 15) is 26.7 Å². The van der Waals surface area contributed by atoms with Crippen molar-refractivity contribution >= 4 is 65.4 Å². The van der Waals surface area contributed by atoms with Gasteiger partial charge in [0.1, 0.15) is 0 Å². The van der Waals surface area contributed by atoms with Crippen LogP contribution < -0.4 is 5.32 Å². The van der Waals surface area contributed by atoms with Crippen LogP contribution in [0.25, 0.3) is 10.9 Å². The molecule has 1 saturated heterocycles. The Kier molecular flexibility index (Phi) is 9.63. The van der Waals surface area contributed by atoms with Crippen molar-refractivity contribution in [3.63, 3.8) is 0 Å². The molecule has 2 aromatic rings. The first-order valence-electron chi connectivity index (χ1n) is 10.7. The Labute approximate surface area is 221 Å². The fraction of sp³-hybridized carbons (Fsp3) is 0.375. The summed E-state index contributed by atoms with van der Waals surface area (Å²) >= 11 is -0.231. The van der Waals surface area contributed by atoms with Gasteiger partial charge in [0.25, 0.3) is 0 Å². The fourth-order valence-electron chi connectivity index (χ4n) is 3.63. The van der Waals surface area contributed by atoms with E-state index in [4.69, 9.17) is 0 Å². The van der Waals surface area contributed by atoms with Crippen molar-refractivity contribution in [1.82, 2.24) is 10.3 Å². The molecule has 1 aliphatic heterocycles. The Morgan fingerprint density at radius 3 is 2.74 bits per heavy atom. The predicted molar refractivity (Wildman–Crippen MR) is 146 cm³/mol. The van der Waals surface area contributed by atoms with Gasteiger partial charge in [-0.3, -0.25) is 0 Å². The number of carbonyl (C=O) groups excluding carboxylic acids is 1. The van der Waals surface area contributed by atoms with Gasteiger partial charge in [0.15, 0.2) is 0 Å². The van der Waals surface area contributed by atoms with Gasteiger partial charge in [-0.15, -0.1) is 0 Å². The molecule has 11 heteroatoms. The van der Waals surface area contributed by atoms with Crippen LogP contribution in [0.5, 0.6) is 0 Å². The summed E-state index contributed by atoms with van der Waals surface area (Å²) < 4.78 is 69.0. The van der Waals surface area contributed by atoms with Crippen LogP contribution in [0.2, 0.25) is 0 Å². The van der Waals surface area contributed by atoms with Crippen LogP contribution in [0.3, 0.4) is 0 Å². The molecule has 1 fully saturated rings. The van der Waals surface area contributed by atoms with Crippen LogP contribution in [-0.4, -0.2) is 48.5 Å². The van der Waals surface area contributed by atoms with Crippen molar-refractivity contribution in [3.8, 4) is 0 Å². The van der Waals surface area contributed by atoms with Crippen molar-refractivity contribution in [3.05, 3.63) is 64.0 Å². The number of halogens is 7. The van der Waals surface area contributed by atoms with Crippen LogP contribution in [0, 0.1) is 0 Å². The molecule has 1 aliphatic rings. The van der Waals surface area contributed by atoms with E-state index < -0.39 is 37.6 Å². The van der Waals surface area contributed by atoms with Crippen LogP contribution >= 0.6 is 42.4 Å². The van der Waals surface area contributed by atoms with E-state index in [1.165, 1.54) is 0 Å². The van der Waals surface area contributed by atoms with Crippen molar-refractivity contribution < 1.29 is 26.7 Å². The molecule has 3 rings (SSSR count). The third-order valence-electron chi connectivity index (χ3n) is 5.51. The number of amides is 1. The summed E-state index contributed by atoms with van der Waals surface area (Å²) in [5, 5.41) is 3.57. The first-order chi connectivity index (χ1) is 16.5. The third kappa shape index (κ3) is 7.67. The van der Waals surface area contributed by atoms with Crippen molar-refractivity contribution in [2.75, 3.05) is 15.4 Å². The molecule has 2 heterocycles. The maximum absolute atomic E-state index is 14.0. The zero-order chi connectivity index (χ0) is 25.6. The first-order valence-corrected chi connectivity index (χ1v) is 16.3. The Bertz CT molecular complexity index is 1130. The van der Waals surface area contributed by atoms with E-state index in [2.05, 4.69) is 21.9 Å². The molecular weight excluding hydrogens is 695 g/mol. The molecular formula is C24H24F5I2N3O. The molecule has 0 aliphatic carbocycles. The third-order valence-corrected chi connectivity index (χ3v) is 13.6. The second kappa shape index (κ2) is 12.1. The quantitative estimate of drug-likeness (QED) is 0.144. The SMILES string of the molecule is C=C(N=C/C(=C\I)C(CNC(=O)c1cccc2ncccc12)I1CCCC(F)(F)CC1)C(F)(F)F. The van der Waals surface area contributed by atoms with E-state index in [-0.39, 0.29) is 29.2 Å². The number of hydrogen-bond acceptors (Lipinski definition) is 3. The van der Waals surface area contributed by atoms with Gasteiger partial charge in [0.2, 0.25) is 0 Å². The van der Waals surface area contributed by atoms with Gasteiger partial charge in [-0.1, -0.05) is 0 Å². The number of alkyl halides is 8. The van der Waals surface area contributed by atoms with E-state index in [0.29, 0.717) is 37.3 Å². The topological polar surface area (TPSA) is 54.4 Å². The summed E-state index contributed by atoms with van der Waals surface area (Å²) in [6, 6.07) is 8.68. The van der Waals surface area contributed by atoms with Crippen molar-refractivity contribution in [2.24, 2.45) is 4.99 Å². The fourth-order valence-corrected chi connectivity index (χ4v) is 12.0. The summed E-state index contributed by atoms with van der Waals surface area (Å²) in [6.45, 7) is 3.10. The molecule has 35 heavy (non-hydrogen) atoms. The molecule has 1 amide bonds. The summed E-state index contributed by atoms with van der Waals surface area (Å²) in [5.74, 6) is -3.09. The molecule has 1 atom stereocenters. The molecule has 190 valence electrons. The van der Waals surface area contributed by atoms with E-state index in [0.717, 1.165) is 6.21 Å². The van der Waals surface area contributed by atoms with E-state index in [1.807, 2.05) is 22.6 Å². The van der Waals surface area contributed by atoms with Gasteiger partial charge in [0.05, 0.1) is 0 Å². The average molecular weight is 719 g/mol. The number of rotatable bonds is 7. The molecule has 4 nitrogen and oxygen atoms in total. The van der Waals surface area contributed by atoms with Crippen LogP contribution in [0.4, 0.5) is 22.0 Å². The predicted octanol–water partition coefficient (Wildman–Crippen LogP) is 7.12. The summed E-state index contributed by atoms with van der Waals surface area (Å²) in [5.41, 5.74) is 0.329. The molecule has 0 radical (unpaired) electrons. The molecule has 0 spiro atoms. The number of pyridine rings is 1. The van der Waals surface area contributed by atoms with E-state index in [1.54, 1.807) is 40.6 Å². The Balaban J connectivity index is 1.85. The number of nitrogens with zero attached hydrogens (tertiary/aromatic N) is 2. The average Bonchev–Trinajstić information content (AvgIpc) is 3.00. The number of aliphatic imine (C=N–C) groups is 1. The number of aromatic nitrogens is 1. The number of allylic oxidation sites excluding steroid dienone is 1. The minimum atomic E-state index is -4.66. The number of hydrogen-bond donors (Lipinski definition) is 1. The normalized spacial score (nSPS) is 18.9. The number of nitrogens with one attached hydrogen (secondary N) is 1. The zero-order valence-electron chi connectivity index (χ0n) is 18.6. The number of fused-ring (bicyclic) bond motifs is 1. The molecule has 0 saturated carbocycles. The second-order valence-corrected chi connectivity index (χ2v) is 15.1. The minimum absolute atomic E-state index is 0.130. The molecule has 1 aromatic carbocycles. The van der Waals surface area contributed by atoms with Gasteiger partial charge in [-0.2, -0.15) is 0 Å². The Hall–Kier alpha value is -1.64. The van der Waals surface area contributed by atoms with Crippen molar-refractivity contribution in [1.29, 1.82) is 0 Å². The van der Waals surface area contributed by atoms with Gasteiger partial charge in [-0.05, 0) is 0 Å². The van der Waals surface area contributed by atoms with Crippen LogP contribution in [0.15, 0.2) is 63.5 Å². The van der Waals surface area contributed by atoms with Crippen LogP contribution in [0.1, 0.15) is 29.6 Å². The number of benzene rings is 1. The zero-order valence-corrected chi connectivity index (χ0v) is 22.9. The second-order valence-electron chi connectivity index (χ2n) is 7.95. The standard InChI is InChI=1S/C24H24F5I2N3O/c1-16(24(27,28)29)33-14-17(13-30)20(31-10-4-8-23(25,26)9-11-31)15-34-22(35)19-5-2-7-21-18(19)6-3-12-32-21/h2-3,5-7,12-14,20H,1,4,8-11,15H2,(H,34,35)/b17-13+,33-14?. The van der Waals surface area contributed by atoms with Gasteiger partial charge in [0, 0.05) is 0 Å². The Morgan fingerprint density at radius 1 is 1.26 bits per heavy atom. The number of carbonyl (C=O) groups is 1. The van der Waals surface area contributed by atoms with Gasteiger partial charge < -0.3 is 0 Å². The van der Waals surface area contributed by atoms with Crippen LogP contribution in [-0.2, 0) is 0 Å². The van der Waals surface area contributed by atoms with Gasteiger partial charge >= 0.3 is 222 Å². The molecule has 1 N–H and O–H groups in total. The summed E-state index contributed by atoms with van der Waals surface area (Å²) in [4.78, 5) is 20.8. The Morgan fingerprint density at radius 2 is 2.03 bits per heavy atom. The maximum atomic E-state index is 14.0. The summed E-state index contributed by atoms with van der Waals surface area (Å²) in [7, 11) is 0. The van der Waals surface area contributed by atoms with Crippen molar-refractivity contribution in [2.45, 2.75) is 35.3 Å². The van der Waals surface area contributed by atoms with Gasteiger partial charge in [-0.25, -0.2) is 0 Å². The summed E-state index contributed by atoms with van der Waals surface area (Å²) in [6.07, 6.45) is -1.99. The molecule has 1 aromatic heterocycles. The van der Waals surface area contributed by atoms with E-state index >= 15 is 0 Å². The molecule has 1 unspecified atom stereocenters.